The highest BCUT2D eigenvalue weighted by molar-refractivity contribution is 5.80. The molecule has 1 atom stereocenters. The molecule has 1 rings (SSSR count). The minimum absolute atomic E-state index is 0.0487. The summed E-state index contributed by atoms with van der Waals surface area (Å²) < 4.78 is 9.44. The van der Waals surface area contributed by atoms with E-state index in [-0.39, 0.29) is 18.6 Å². The number of nitrogens with one attached hydrogen (secondary N) is 2. The minimum atomic E-state index is -0.470. The van der Waals surface area contributed by atoms with Crippen molar-refractivity contribution >= 4 is 12.0 Å². The van der Waals surface area contributed by atoms with Crippen LogP contribution in [0.15, 0.2) is 0 Å². The van der Waals surface area contributed by atoms with Crippen molar-refractivity contribution in [3.05, 3.63) is 0 Å². The van der Waals surface area contributed by atoms with Gasteiger partial charge in [-0.2, -0.15) is 0 Å². The molecule has 1 fully saturated rings. The van der Waals surface area contributed by atoms with Crippen LogP contribution < -0.4 is 10.6 Å². The second kappa shape index (κ2) is 5.43. The average Bonchev–Trinajstić information content (AvgIpc) is 2.66. The molecule has 1 saturated heterocycles. The largest absolute Gasteiger partial charge is 0.468 e. The maximum atomic E-state index is 11.1. The molecule has 1 unspecified atom stereocenters. The summed E-state index contributed by atoms with van der Waals surface area (Å²) in [4.78, 5) is 21.8. The van der Waals surface area contributed by atoms with Crippen molar-refractivity contribution in [1.82, 2.24) is 10.6 Å². The number of hydrogen-bond acceptors (Lipinski definition) is 4. The number of carbonyl (C=O) groups is 2. The Hall–Kier alpha value is -1.30. The first-order chi connectivity index (χ1) is 6.72. The Morgan fingerprint density at radius 2 is 2.36 bits per heavy atom. The minimum Gasteiger partial charge on any atom is -0.468 e. The van der Waals surface area contributed by atoms with Crippen LogP contribution in [0.3, 0.4) is 0 Å². The van der Waals surface area contributed by atoms with Gasteiger partial charge in [0.25, 0.3) is 0 Å². The molecule has 2 N–H and O–H groups in total. The van der Waals surface area contributed by atoms with E-state index in [1.165, 1.54) is 7.11 Å². The predicted octanol–water partition coefficient (Wildman–Crippen LogP) is -0.752. The SMILES string of the molecule is COC(=O)CNC(=O)NC1CCOC1. The quantitative estimate of drug-likeness (QED) is 0.590. The number of rotatable bonds is 3. The van der Waals surface area contributed by atoms with Crippen molar-refractivity contribution in [3.63, 3.8) is 0 Å². The molecule has 0 radical (unpaired) electrons. The number of ether oxygens (including phenoxy) is 2. The van der Waals surface area contributed by atoms with Crippen molar-refractivity contribution in [3.8, 4) is 0 Å². The van der Waals surface area contributed by atoms with Gasteiger partial charge in [0.2, 0.25) is 0 Å². The Morgan fingerprint density at radius 3 is 2.93 bits per heavy atom. The summed E-state index contributed by atoms with van der Waals surface area (Å²) >= 11 is 0. The van der Waals surface area contributed by atoms with Crippen LogP contribution in [0, 0.1) is 0 Å². The Kier molecular flexibility index (Phi) is 4.18. The average molecular weight is 202 g/mol. The second-order valence-electron chi connectivity index (χ2n) is 2.96. The van der Waals surface area contributed by atoms with E-state index in [0.29, 0.717) is 13.2 Å². The van der Waals surface area contributed by atoms with Gasteiger partial charge in [-0.3, -0.25) is 4.79 Å². The number of amides is 2. The van der Waals surface area contributed by atoms with Crippen LogP contribution in [0.1, 0.15) is 6.42 Å². The van der Waals surface area contributed by atoms with Crippen LogP contribution in [0.2, 0.25) is 0 Å². The summed E-state index contributed by atoms with van der Waals surface area (Å²) in [5.74, 6) is -0.470. The van der Waals surface area contributed by atoms with E-state index in [1.807, 2.05) is 0 Å². The zero-order valence-electron chi connectivity index (χ0n) is 8.04. The van der Waals surface area contributed by atoms with Gasteiger partial charge in [-0.1, -0.05) is 0 Å². The molecule has 14 heavy (non-hydrogen) atoms. The van der Waals surface area contributed by atoms with Crippen molar-refractivity contribution in [2.45, 2.75) is 12.5 Å². The van der Waals surface area contributed by atoms with E-state index in [1.54, 1.807) is 0 Å². The summed E-state index contributed by atoms with van der Waals surface area (Å²) in [5, 5.41) is 5.06. The summed E-state index contributed by atoms with van der Waals surface area (Å²) in [5.41, 5.74) is 0. The van der Waals surface area contributed by atoms with E-state index in [9.17, 15) is 9.59 Å². The smallest absolute Gasteiger partial charge is 0.325 e. The number of hydrogen-bond donors (Lipinski definition) is 2. The van der Waals surface area contributed by atoms with Gasteiger partial charge in [-0.25, -0.2) is 4.79 Å². The van der Waals surface area contributed by atoms with Crippen LogP contribution in [-0.2, 0) is 14.3 Å². The van der Waals surface area contributed by atoms with E-state index in [4.69, 9.17) is 4.74 Å². The Labute approximate surface area is 81.9 Å². The molecule has 1 heterocycles. The highest BCUT2D eigenvalue weighted by Gasteiger charge is 2.17. The molecule has 80 valence electrons. The van der Waals surface area contributed by atoms with Crippen molar-refractivity contribution in [2.75, 3.05) is 26.9 Å². The summed E-state index contributed by atoms with van der Waals surface area (Å²) in [6.07, 6.45) is 0.811. The maximum Gasteiger partial charge on any atom is 0.325 e. The molecule has 6 heteroatoms. The van der Waals surface area contributed by atoms with Crippen LogP contribution in [0.5, 0.6) is 0 Å². The molecular formula is C8H14N2O4. The molecule has 0 spiro atoms. The van der Waals surface area contributed by atoms with Gasteiger partial charge in [-0.05, 0) is 6.42 Å². The van der Waals surface area contributed by atoms with Crippen molar-refractivity contribution < 1.29 is 19.1 Å². The summed E-state index contributed by atoms with van der Waals surface area (Å²) in [6, 6.07) is -0.321. The molecule has 0 aromatic rings. The van der Waals surface area contributed by atoms with Crippen LogP contribution >= 0.6 is 0 Å². The van der Waals surface area contributed by atoms with Gasteiger partial charge in [0, 0.05) is 6.61 Å². The molecule has 6 nitrogen and oxygen atoms in total. The molecule has 0 aliphatic carbocycles. The first kappa shape index (κ1) is 10.8. The van der Waals surface area contributed by atoms with Gasteiger partial charge in [0.1, 0.15) is 6.54 Å². The van der Waals surface area contributed by atoms with E-state index in [0.717, 1.165) is 6.42 Å². The topological polar surface area (TPSA) is 76.7 Å². The highest BCUT2D eigenvalue weighted by atomic mass is 16.5. The van der Waals surface area contributed by atoms with Crippen LogP contribution in [-0.4, -0.2) is 44.9 Å². The zero-order chi connectivity index (χ0) is 10.4. The van der Waals surface area contributed by atoms with E-state index in [2.05, 4.69) is 15.4 Å². The van der Waals surface area contributed by atoms with Crippen LogP contribution in [0.4, 0.5) is 4.79 Å². The third kappa shape index (κ3) is 3.61. The Balaban J connectivity index is 2.12. The lowest BCUT2D eigenvalue weighted by Gasteiger charge is -2.10. The zero-order valence-corrected chi connectivity index (χ0v) is 8.04. The van der Waals surface area contributed by atoms with Gasteiger partial charge >= 0.3 is 12.0 Å². The Bertz CT molecular complexity index is 213. The third-order valence-electron chi connectivity index (χ3n) is 1.89. The fraction of sp³-hybridized carbons (Fsp3) is 0.750. The molecular weight excluding hydrogens is 188 g/mol. The molecule has 0 saturated carbocycles. The molecule has 0 bridgehead atoms. The molecule has 1 aliphatic rings. The number of esters is 1. The molecule has 0 aromatic heterocycles. The molecule has 2 amide bonds. The predicted molar refractivity (Wildman–Crippen MR) is 47.8 cm³/mol. The number of urea groups is 1. The molecule has 0 aromatic carbocycles. The highest BCUT2D eigenvalue weighted by Crippen LogP contribution is 2.02. The van der Waals surface area contributed by atoms with Crippen LogP contribution in [0.25, 0.3) is 0 Å². The van der Waals surface area contributed by atoms with E-state index >= 15 is 0 Å². The first-order valence-electron chi connectivity index (χ1n) is 4.41. The van der Waals surface area contributed by atoms with Gasteiger partial charge < -0.3 is 20.1 Å². The van der Waals surface area contributed by atoms with Gasteiger partial charge in [0.05, 0.1) is 19.8 Å². The Morgan fingerprint density at radius 1 is 1.57 bits per heavy atom. The van der Waals surface area contributed by atoms with Gasteiger partial charge in [-0.15, -0.1) is 0 Å². The van der Waals surface area contributed by atoms with Crippen molar-refractivity contribution in [1.29, 1.82) is 0 Å². The normalized spacial score (nSPS) is 20.2. The first-order valence-corrected chi connectivity index (χ1v) is 4.41. The fourth-order valence-corrected chi connectivity index (χ4v) is 1.11. The summed E-state index contributed by atoms with van der Waals surface area (Å²) in [7, 11) is 1.27. The maximum absolute atomic E-state index is 11.1. The monoisotopic (exact) mass is 202 g/mol. The second-order valence-corrected chi connectivity index (χ2v) is 2.96. The lowest BCUT2D eigenvalue weighted by Crippen LogP contribution is -2.44. The molecule has 1 aliphatic heterocycles. The standard InChI is InChI=1S/C8H14N2O4/c1-13-7(11)4-9-8(12)10-6-2-3-14-5-6/h6H,2-5H2,1H3,(H2,9,10,12). The number of carbonyl (C=O) groups excluding carboxylic acids is 2. The fourth-order valence-electron chi connectivity index (χ4n) is 1.11. The van der Waals surface area contributed by atoms with Crippen molar-refractivity contribution in [2.24, 2.45) is 0 Å². The van der Waals surface area contributed by atoms with E-state index < -0.39 is 5.97 Å². The lowest BCUT2D eigenvalue weighted by molar-refractivity contribution is -0.139. The third-order valence-corrected chi connectivity index (χ3v) is 1.89. The lowest BCUT2D eigenvalue weighted by atomic mass is 10.3. The summed E-state index contributed by atoms with van der Waals surface area (Å²) in [6.45, 7) is 1.09. The number of methoxy groups -OCH3 is 1. The van der Waals surface area contributed by atoms with Gasteiger partial charge in [0.15, 0.2) is 0 Å².